The number of aryl methyl sites for hydroxylation is 1. The molecule has 70 valence electrons. The molecule has 13 heavy (non-hydrogen) atoms. The summed E-state index contributed by atoms with van der Waals surface area (Å²) in [6.45, 7) is 6.12. The molecular weight excluding hydrogens is 180 g/mol. The van der Waals surface area contributed by atoms with Crippen molar-refractivity contribution in [2.24, 2.45) is 5.92 Å². The topological polar surface area (TPSA) is 17.1 Å². The van der Waals surface area contributed by atoms with Crippen LogP contribution in [-0.4, -0.2) is 6.29 Å². The second-order valence-corrected chi connectivity index (χ2v) is 4.68. The maximum Gasteiger partial charge on any atom is 0.146 e. The Labute approximate surface area is 83.1 Å². The van der Waals surface area contributed by atoms with E-state index in [0.29, 0.717) is 5.92 Å². The summed E-state index contributed by atoms with van der Waals surface area (Å²) in [5.74, 6) is 0.305. The fraction of sp³-hybridized carbons (Fsp3) is 0.364. The second-order valence-electron chi connectivity index (χ2n) is 3.37. The lowest BCUT2D eigenvalue weighted by atomic mass is 10.0. The van der Waals surface area contributed by atoms with Crippen molar-refractivity contribution in [1.29, 1.82) is 0 Å². The van der Waals surface area contributed by atoms with Gasteiger partial charge in [0.25, 0.3) is 0 Å². The average molecular weight is 194 g/mol. The minimum Gasteiger partial charge on any atom is -0.298 e. The smallest absolute Gasteiger partial charge is 0.146 e. The molecule has 1 heterocycles. The Morgan fingerprint density at radius 3 is 2.54 bits per heavy atom. The second kappa shape index (κ2) is 4.38. The first-order chi connectivity index (χ1) is 6.13. The molecule has 0 atom stereocenters. The van der Waals surface area contributed by atoms with Gasteiger partial charge in [-0.25, -0.2) is 0 Å². The minimum atomic E-state index is 0.305. The summed E-state index contributed by atoms with van der Waals surface area (Å²) in [6, 6.07) is 4.12. The van der Waals surface area contributed by atoms with Crippen molar-refractivity contribution in [3.8, 4) is 0 Å². The van der Waals surface area contributed by atoms with Crippen LogP contribution in [0, 0.1) is 12.8 Å². The standard InChI is InChI=1S/C11H14OS/c1-8(2)10(7-12)6-11-5-4-9(3)13-11/h4-8H,1-3H3. The highest BCUT2D eigenvalue weighted by Crippen LogP contribution is 2.20. The third kappa shape index (κ3) is 2.81. The highest BCUT2D eigenvalue weighted by atomic mass is 32.1. The van der Waals surface area contributed by atoms with Crippen LogP contribution in [-0.2, 0) is 4.79 Å². The summed E-state index contributed by atoms with van der Waals surface area (Å²) in [5.41, 5.74) is 0.863. The lowest BCUT2D eigenvalue weighted by Crippen LogP contribution is -1.93. The molecular formula is C11H14OS. The summed E-state index contributed by atoms with van der Waals surface area (Å²) < 4.78 is 0. The van der Waals surface area contributed by atoms with Crippen LogP contribution in [0.2, 0.25) is 0 Å². The van der Waals surface area contributed by atoms with E-state index in [1.807, 2.05) is 26.0 Å². The van der Waals surface area contributed by atoms with E-state index >= 15 is 0 Å². The van der Waals surface area contributed by atoms with Crippen LogP contribution < -0.4 is 0 Å². The number of aldehydes is 1. The maximum absolute atomic E-state index is 10.7. The molecule has 0 unspecified atom stereocenters. The molecule has 0 amide bonds. The van der Waals surface area contributed by atoms with E-state index in [1.165, 1.54) is 4.88 Å². The summed E-state index contributed by atoms with van der Waals surface area (Å²) in [4.78, 5) is 13.1. The first-order valence-corrected chi connectivity index (χ1v) is 5.18. The lowest BCUT2D eigenvalue weighted by molar-refractivity contribution is -0.105. The molecule has 0 bridgehead atoms. The molecule has 2 heteroatoms. The van der Waals surface area contributed by atoms with Gasteiger partial charge in [-0.1, -0.05) is 13.8 Å². The number of thiophene rings is 1. The van der Waals surface area contributed by atoms with Gasteiger partial charge in [0.15, 0.2) is 0 Å². The Morgan fingerprint density at radius 1 is 1.46 bits per heavy atom. The van der Waals surface area contributed by atoms with Gasteiger partial charge in [-0.2, -0.15) is 0 Å². The van der Waals surface area contributed by atoms with E-state index in [0.717, 1.165) is 16.7 Å². The molecule has 1 nitrogen and oxygen atoms in total. The number of hydrogen-bond acceptors (Lipinski definition) is 2. The number of carbonyl (C=O) groups is 1. The molecule has 0 fully saturated rings. The molecule has 0 saturated heterocycles. The predicted molar refractivity (Wildman–Crippen MR) is 57.9 cm³/mol. The third-order valence-corrected chi connectivity index (χ3v) is 2.82. The van der Waals surface area contributed by atoms with Gasteiger partial charge in [0.2, 0.25) is 0 Å². The van der Waals surface area contributed by atoms with Crippen molar-refractivity contribution in [2.75, 3.05) is 0 Å². The average Bonchev–Trinajstić information content (AvgIpc) is 2.46. The first-order valence-electron chi connectivity index (χ1n) is 4.36. The van der Waals surface area contributed by atoms with Crippen molar-refractivity contribution in [3.63, 3.8) is 0 Å². The lowest BCUT2D eigenvalue weighted by Gasteiger charge is -2.01. The molecule has 1 rings (SSSR count). The summed E-state index contributed by atoms with van der Waals surface area (Å²) >= 11 is 1.71. The van der Waals surface area contributed by atoms with E-state index in [-0.39, 0.29) is 0 Å². The van der Waals surface area contributed by atoms with E-state index in [1.54, 1.807) is 11.3 Å². The predicted octanol–water partition coefficient (Wildman–Crippen LogP) is 3.29. The van der Waals surface area contributed by atoms with Crippen LogP contribution in [0.3, 0.4) is 0 Å². The zero-order chi connectivity index (χ0) is 9.84. The quantitative estimate of drug-likeness (QED) is 0.533. The molecule has 0 saturated carbocycles. The van der Waals surface area contributed by atoms with Gasteiger partial charge in [-0.15, -0.1) is 11.3 Å². The summed E-state index contributed by atoms with van der Waals surface area (Å²) in [5, 5.41) is 0. The van der Waals surface area contributed by atoms with Crippen LogP contribution in [0.1, 0.15) is 23.6 Å². The van der Waals surface area contributed by atoms with Crippen molar-refractivity contribution in [3.05, 3.63) is 27.5 Å². The van der Waals surface area contributed by atoms with Crippen LogP contribution >= 0.6 is 11.3 Å². The van der Waals surface area contributed by atoms with E-state index < -0.39 is 0 Å². The largest absolute Gasteiger partial charge is 0.298 e. The summed E-state index contributed by atoms with van der Waals surface area (Å²) in [7, 11) is 0. The SMILES string of the molecule is Cc1ccc(C=C(C=O)C(C)C)s1. The van der Waals surface area contributed by atoms with Gasteiger partial charge in [-0.05, 0) is 36.6 Å². The molecule has 0 spiro atoms. The van der Waals surface area contributed by atoms with Crippen molar-refractivity contribution >= 4 is 23.7 Å². The van der Waals surface area contributed by atoms with E-state index in [9.17, 15) is 4.79 Å². The Morgan fingerprint density at radius 2 is 2.15 bits per heavy atom. The van der Waals surface area contributed by atoms with Gasteiger partial charge in [-0.3, -0.25) is 4.79 Å². The van der Waals surface area contributed by atoms with Gasteiger partial charge >= 0.3 is 0 Å². The normalized spacial score (nSPS) is 12.2. The Kier molecular flexibility index (Phi) is 3.43. The highest BCUT2D eigenvalue weighted by molar-refractivity contribution is 7.12. The highest BCUT2D eigenvalue weighted by Gasteiger charge is 2.02. The van der Waals surface area contributed by atoms with Crippen molar-refractivity contribution in [2.45, 2.75) is 20.8 Å². The zero-order valence-electron chi connectivity index (χ0n) is 8.20. The van der Waals surface area contributed by atoms with Gasteiger partial charge in [0.05, 0.1) is 0 Å². The van der Waals surface area contributed by atoms with Crippen LogP contribution in [0.15, 0.2) is 17.7 Å². The van der Waals surface area contributed by atoms with E-state index in [4.69, 9.17) is 0 Å². The third-order valence-electron chi connectivity index (χ3n) is 1.87. The number of carbonyl (C=O) groups excluding carboxylic acids is 1. The van der Waals surface area contributed by atoms with Crippen molar-refractivity contribution < 1.29 is 4.79 Å². The van der Waals surface area contributed by atoms with Crippen LogP contribution in [0.4, 0.5) is 0 Å². The number of hydrogen-bond donors (Lipinski definition) is 0. The molecule has 0 radical (unpaired) electrons. The Hall–Kier alpha value is -0.890. The molecule has 1 aromatic rings. The molecule has 0 aliphatic carbocycles. The zero-order valence-corrected chi connectivity index (χ0v) is 9.02. The minimum absolute atomic E-state index is 0.305. The van der Waals surface area contributed by atoms with Gasteiger partial charge in [0, 0.05) is 9.75 Å². The maximum atomic E-state index is 10.7. The van der Waals surface area contributed by atoms with Crippen LogP contribution in [0.5, 0.6) is 0 Å². The number of allylic oxidation sites excluding steroid dienone is 1. The van der Waals surface area contributed by atoms with Crippen molar-refractivity contribution in [1.82, 2.24) is 0 Å². The molecule has 0 aliphatic rings. The fourth-order valence-corrected chi connectivity index (χ4v) is 1.87. The van der Waals surface area contributed by atoms with Gasteiger partial charge < -0.3 is 0 Å². The monoisotopic (exact) mass is 194 g/mol. The molecule has 1 aromatic heterocycles. The molecule has 0 N–H and O–H groups in total. The summed E-state index contributed by atoms with van der Waals surface area (Å²) in [6.07, 6.45) is 2.91. The fourth-order valence-electron chi connectivity index (χ4n) is 1.03. The first kappa shape index (κ1) is 10.2. The Balaban J connectivity index is 2.91. The van der Waals surface area contributed by atoms with Gasteiger partial charge in [0.1, 0.15) is 6.29 Å². The van der Waals surface area contributed by atoms with Crippen LogP contribution in [0.25, 0.3) is 6.08 Å². The Bertz CT molecular complexity index is 321. The molecule has 0 aromatic carbocycles. The van der Waals surface area contributed by atoms with E-state index in [2.05, 4.69) is 13.0 Å². The number of rotatable bonds is 3. The molecule has 0 aliphatic heterocycles.